The lowest BCUT2D eigenvalue weighted by molar-refractivity contribution is 1.72. The molecule has 2 aromatic rings. The summed E-state index contributed by atoms with van der Waals surface area (Å²) in [6.45, 7) is 2.14. The number of benzene rings is 2. The smallest absolute Gasteiger partial charge is 0.154 e. The van der Waals surface area contributed by atoms with Crippen molar-refractivity contribution in [3.05, 3.63) is 30.3 Å². The van der Waals surface area contributed by atoms with E-state index in [1.165, 1.54) is 5.46 Å². The third-order valence-corrected chi connectivity index (χ3v) is 2.57. The fraction of sp³-hybridized carbons (Fsp3) is 0.0909. The van der Waals surface area contributed by atoms with Crippen molar-refractivity contribution in [1.29, 1.82) is 0 Å². The Kier molecular flexibility index (Phi) is 2.08. The molecule has 3 heteroatoms. The molecule has 2 nitrogen and oxygen atoms in total. The van der Waals surface area contributed by atoms with Gasteiger partial charge in [0.1, 0.15) is 0 Å². The predicted molar refractivity (Wildman–Crippen MR) is 65.4 cm³/mol. The highest BCUT2D eigenvalue weighted by Gasteiger charge is 2.01. The Morgan fingerprint density at radius 3 is 2.57 bits per heavy atom. The van der Waals surface area contributed by atoms with Crippen LogP contribution in [0.2, 0.25) is 6.82 Å². The molecule has 0 aliphatic heterocycles. The molecule has 0 amide bonds. The van der Waals surface area contributed by atoms with Crippen LogP contribution in [0.1, 0.15) is 0 Å². The van der Waals surface area contributed by atoms with Crippen molar-refractivity contribution in [2.24, 2.45) is 0 Å². The number of nitrogens with two attached hydrogens (primary N) is 2. The summed E-state index contributed by atoms with van der Waals surface area (Å²) in [7, 11) is 1.04. The molecule has 0 saturated heterocycles. The van der Waals surface area contributed by atoms with Crippen molar-refractivity contribution >= 4 is 34.9 Å². The average Bonchev–Trinajstić information content (AvgIpc) is 2.23. The van der Waals surface area contributed by atoms with Crippen LogP contribution in [-0.4, -0.2) is 7.28 Å². The van der Waals surface area contributed by atoms with Crippen molar-refractivity contribution in [1.82, 2.24) is 0 Å². The maximum Gasteiger partial charge on any atom is 0.154 e. The summed E-state index contributed by atoms with van der Waals surface area (Å²) in [6.07, 6.45) is 0. The quantitative estimate of drug-likeness (QED) is 0.515. The van der Waals surface area contributed by atoms with E-state index in [0.29, 0.717) is 11.4 Å². The Bertz CT molecular complexity index is 480. The van der Waals surface area contributed by atoms with Crippen LogP contribution in [0, 0.1) is 0 Å². The number of hydrogen-bond acceptors (Lipinski definition) is 2. The van der Waals surface area contributed by atoms with Gasteiger partial charge in [-0.3, -0.25) is 0 Å². The standard InChI is InChI=1S/C11H13BN2/c1-12-8-3-4-9-7(6-8)2-5-10(13)11(9)14/h2-6,12H,13-14H2,1H3. The van der Waals surface area contributed by atoms with E-state index in [4.69, 9.17) is 11.5 Å². The van der Waals surface area contributed by atoms with E-state index in [0.717, 1.165) is 18.1 Å². The first-order chi connectivity index (χ1) is 6.72. The molecule has 70 valence electrons. The molecule has 0 aliphatic carbocycles. The van der Waals surface area contributed by atoms with Gasteiger partial charge in [0.25, 0.3) is 0 Å². The molecule has 0 unspecified atom stereocenters. The van der Waals surface area contributed by atoms with E-state index in [-0.39, 0.29) is 0 Å². The highest BCUT2D eigenvalue weighted by molar-refractivity contribution is 6.52. The lowest BCUT2D eigenvalue weighted by Crippen LogP contribution is -2.09. The highest BCUT2D eigenvalue weighted by atomic mass is 14.7. The third kappa shape index (κ3) is 1.31. The van der Waals surface area contributed by atoms with Gasteiger partial charge in [0.05, 0.1) is 11.4 Å². The lowest BCUT2D eigenvalue weighted by atomic mass is 9.73. The minimum absolute atomic E-state index is 0.654. The van der Waals surface area contributed by atoms with Gasteiger partial charge in [0.2, 0.25) is 0 Å². The number of rotatable bonds is 1. The van der Waals surface area contributed by atoms with E-state index >= 15 is 0 Å². The van der Waals surface area contributed by atoms with Gasteiger partial charge >= 0.3 is 0 Å². The second kappa shape index (κ2) is 3.26. The largest absolute Gasteiger partial charge is 0.397 e. The van der Waals surface area contributed by atoms with Crippen LogP contribution in [0.25, 0.3) is 10.8 Å². The molecule has 0 bridgehead atoms. The van der Waals surface area contributed by atoms with Gasteiger partial charge < -0.3 is 11.5 Å². The molecular weight excluding hydrogens is 171 g/mol. The zero-order valence-corrected chi connectivity index (χ0v) is 8.25. The molecule has 0 heterocycles. The summed E-state index contributed by atoms with van der Waals surface area (Å²) in [5.74, 6) is 0. The lowest BCUT2D eigenvalue weighted by Gasteiger charge is -2.06. The molecule has 2 rings (SSSR count). The Morgan fingerprint density at radius 1 is 1.07 bits per heavy atom. The number of nitrogen functional groups attached to an aromatic ring is 2. The number of anilines is 2. The third-order valence-electron chi connectivity index (χ3n) is 2.57. The Labute approximate surface area is 84.1 Å². The van der Waals surface area contributed by atoms with Crippen LogP contribution < -0.4 is 16.9 Å². The van der Waals surface area contributed by atoms with Gasteiger partial charge in [-0.1, -0.05) is 36.6 Å². The topological polar surface area (TPSA) is 52.0 Å². The maximum absolute atomic E-state index is 5.88. The number of hydrogen-bond donors (Lipinski definition) is 2. The fourth-order valence-corrected chi connectivity index (χ4v) is 1.64. The van der Waals surface area contributed by atoms with Crippen LogP contribution in [-0.2, 0) is 0 Å². The van der Waals surface area contributed by atoms with E-state index < -0.39 is 0 Å². The first-order valence-corrected chi connectivity index (χ1v) is 4.79. The molecule has 0 atom stereocenters. The molecule has 0 aliphatic rings. The van der Waals surface area contributed by atoms with Gasteiger partial charge in [0, 0.05) is 5.39 Å². The monoisotopic (exact) mass is 184 g/mol. The van der Waals surface area contributed by atoms with Crippen LogP contribution in [0.3, 0.4) is 0 Å². The van der Waals surface area contributed by atoms with Crippen LogP contribution in [0.15, 0.2) is 30.3 Å². The molecule has 2 aromatic carbocycles. The van der Waals surface area contributed by atoms with Gasteiger partial charge in [-0.05, 0) is 11.5 Å². The molecule has 0 fully saturated rings. The van der Waals surface area contributed by atoms with Crippen molar-refractivity contribution in [3.8, 4) is 0 Å². The molecule has 0 radical (unpaired) electrons. The summed E-state index contributed by atoms with van der Waals surface area (Å²) < 4.78 is 0. The summed E-state index contributed by atoms with van der Waals surface area (Å²) in [5, 5.41) is 2.21. The van der Waals surface area contributed by atoms with Crippen molar-refractivity contribution in [2.45, 2.75) is 6.82 Å². The number of fused-ring (bicyclic) bond motifs is 1. The van der Waals surface area contributed by atoms with Crippen molar-refractivity contribution in [3.63, 3.8) is 0 Å². The van der Waals surface area contributed by atoms with Crippen molar-refractivity contribution in [2.75, 3.05) is 11.5 Å². The molecule has 14 heavy (non-hydrogen) atoms. The van der Waals surface area contributed by atoms with Gasteiger partial charge in [-0.25, -0.2) is 0 Å². The Balaban J connectivity index is 2.74. The zero-order valence-electron chi connectivity index (χ0n) is 8.25. The first-order valence-electron chi connectivity index (χ1n) is 4.79. The molecule has 0 aromatic heterocycles. The fourth-order valence-electron chi connectivity index (χ4n) is 1.64. The Morgan fingerprint density at radius 2 is 1.86 bits per heavy atom. The van der Waals surface area contributed by atoms with Gasteiger partial charge in [-0.2, -0.15) is 0 Å². The Hall–Kier alpha value is -1.64. The van der Waals surface area contributed by atoms with Crippen LogP contribution >= 0.6 is 0 Å². The second-order valence-electron chi connectivity index (χ2n) is 3.48. The predicted octanol–water partition coefficient (Wildman–Crippen LogP) is 1.11. The van der Waals surface area contributed by atoms with E-state index in [1.54, 1.807) is 0 Å². The highest BCUT2D eigenvalue weighted by Crippen LogP contribution is 2.25. The van der Waals surface area contributed by atoms with E-state index in [9.17, 15) is 0 Å². The van der Waals surface area contributed by atoms with Gasteiger partial charge in [0.15, 0.2) is 7.28 Å². The minimum atomic E-state index is 0.654. The van der Waals surface area contributed by atoms with Crippen molar-refractivity contribution < 1.29 is 0 Å². The zero-order chi connectivity index (χ0) is 10.1. The summed E-state index contributed by atoms with van der Waals surface area (Å²) in [6, 6.07) is 10.2. The summed E-state index contributed by atoms with van der Waals surface area (Å²) in [4.78, 5) is 0. The SMILES string of the molecule is CBc1ccc2c(N)c(N)ccc2c1. The van der Waals surface area contributed by atoms with Crippen LogP contribution in [0.5, 0.6) is 0 Å². The molecule has 0 spiro atoms. The first kappa shape index (κ1) is 8.94. The minimum Gasteiger partial charge on any atom is -0.397 e. The van der Waals surface area contributed by atoms with E-state index in [1.807, 2.05) is 18.2 Å². The van der Waals surface area contributed by atoms with Gasteiger partial charge in [-0.15, -0.1) is 0 Å². The normalized spacial score (nSPS) is 10.4. The molecule has 4 N–H and O–H groups in total. The molecule has 0 saturated carbocycles. The molecular formula is C11H13BN2. The average molecular weight is 184 g/mol. The maximum atomic E-state index is 5.88. The summed E-state index contributed by atoms with van der Waals surface area (Å²) in [5.41, 5.74) is 14.3. The second-order valence-corrected chi connectivity index (χ2v) is 3.48. The summed E-state index contributed by atoms with van der Waals surface area (Å²) >= 11 is 0. The van der Waals surface area contributed by atoms with E-state index in [2.05, 4.69) is 19.0 Å². The van der Waals surface area contributed by atoms with Crippen LogP contribution in [0.4, 0.5) is 11.4 Å².